The number of amides is 2. The Kier molecular flexibility index (Phi) is 6.07. The number of nitrogens with one attached hydrogen (secondary N) is 2. The predicted molar refractivity (Wildman–Crippen MR) is 104 cm³/mol. The summed E-state index contributed by atoms with van der Waals surface area (Å²) >= 11 is 3.41. The van der Waals surface area contributed by atoms with E-state index < -0.39 is 6.03 Å². The van der Waals surface area contributed by atoms with E-state index in [2.05, 4.69) is 53.5 Å². The van der Waals surface area contributed by atoms with E-state index >= 15 is 0 Å². The lowest BCUT2D eigenvalue weighted by atomic mass is 10.3. The van der Waals surface area contributed by atoms with Gasteiger partial charge in [-0.2, -0.15) is 5.10 Å². The Morgan fingerprint density at radius 1 is 1.31 bits per heavy atom. The number of nitrogens with zero attached hydrogens (tertiary/aromatic N) is 5. The normalized spacial score (nSPS) is 15.1. The molecule has 3 N–H and O–H groups in total. The van der Waals surface area contributed by atoms with Gasteiger partial charge in [-0.3, -0.25) is 10.00 Å². The third kappa shape index (κ3) is 4.71. The largest absolute Gasteiger partial charge is 0.394 e. The van der Waals surface area contributed by atoms with E-state index in [1.165, 1.54) is 0 Å². The van der Waals surface area contributed by atoms with Gasteiger partial charge in [-0.15, -0.1) is 0 Å². The molecule has 2 aromatic rings. The number of pyridine rings is 1. The lowest BCUT2D eigenvalue weighted by Crippen LogP contribution is -2.45. The average molecular weight is 424 g/mol. The first-order valence-electron chi connectivity index (χ1n) is 8.36. The van der Waals surface area contributed by atoms with Gasteiger partial charge in [0.15, 0.2) is 11.6 Å². The first-order chi connectivity index (χ1) is 12.5. The number of piperazine rings is 1. The lowest BCUT2D eigenvalue weighted by molar-refractivity contribution is 0.262. The minimum absolute atomic E-state index is 0.00852. The average Bonchev–Trinajstić information content (AvgIpc) is 3.03. The maximum Gasteiger partial charge on any atom is 0.325 e. The van der Waals surface area contributed by atoms with Crippen LogP contribution in [-0.4, -0.2) is 70.6 Å². The van der Waals surface area contributed by atoms with Gasteiger partial charge in [0, 0.05) is 49.1 Å². The second kappa shape index (κ2) is 8.47. The summed E-state index contributed by atoms with van der Waals surface area (Å²) in [5.41, 5.74) is 0.635. The molecule has 2 amide bonds. The molecule has 10 heteroatoms. The molecular weight excluding hydrogens is 402 g/mol. The topological polar surface area (TPSA) is 98.6 Å². The van der Waals surface area contributed by atoms with E-state index in [0.29, 0.717) is 18.1 Å². The molecule has 0 aromatic carbocycles. The van der Waals surface area contributed by atoms with Crippen LogP contribution in [-0.2, 0) is 6.54 Å². The lowest BCUT2D eigenvalue weighted by Gasteiger charge is -2.34. The number of carbonyl (C=O) groups is 1. The van der Waals surface area contributed by atoms with Crippen LogP contribution in [0.1, 0.15) is 0 Å². The van der Waals surface area contributed by atoms with Gasteiger partial charge in [0.1, 0.15) is 0 Å². The third-order valence-corrected chi connectivity index (χ3v) is 4.53. The van der Waals surface area contributed by atoms with Crippen LogP contribution in [0, 0.1) is 0 Å². The number of carbonyl (C=O) groups excluding carboxylic acids is 1. The minimum atomic E-state index is -0.394. The Hall–Kier alpha value is -2.17. The van der Waals surface area contributed by atoms with Crippen molar-refractivity contribution in [1.82, 2.24) is 19.7 Å². The van der Waals surface area contributed by atoms with E-state index in [1.54, 1.807) is 23.1 Å². The van der Waals surface area contributed by atoms with Crippen LogP contribution in [0.2, 0.25) is 0 Å². The summed E-state index contributed by atoms with van der Waals surface area (Å²) in [5, 5.41) is 18.6. The summed E-state index contributed by atoms with van der Waals surface area (Å²) in [6.45, 7) is 3.98. The number of likely N-dealkylation sites (N-methyl/N-ethyl adjacent to an activating group) is 1. The van der Waals surface area contributed by atoms with Crippen LogP contribution in [0.15, 0.2) is 29.0 Å². The summed E-state index contributed by atoms with van der Waals surface area (Å²) in [4.78, 5) is 21.3. The molecule has 3 rings (SSSR count). The van der Waals surface area contributed by atoms with Crippen molar-refractivity contribution in [3.63, 3.8) is 0 Å². The number of aliphatic hydroxyl groups excluding tert-OH is 1. The molecule has 0 aliphatic carbocycles. The highest BCUT2D eigenvalue weighted by molar-refractivity contribution is 9.10. The van der Waals surface area contributed by atoms with Crippen molar-refractivity contribution < 1.29 is 9.90 Å². The van der Waals surface area contributed by atoms with Gasteiger partial charge >= 0.3 is 6.03 Å². The Bertz CT molecular complexity index is 759. The Morgan fingerprint density at radius 2 is 2.08 bits per heavy atom. The zero-order valence-corrected chi connectivity index (χ0v) is 16.1. The van der Waals surface area contributed by atoms with Crippen LogP contribution in [0.4, 0.5) is 22.1 Å². The van der Waals surface area contributed by atoms with E-state index in [1.807, 2.05) is 6.07 Å². The molecular formula is C16H22BrN7O2. The molecule has 0 unspecified atom stereocenters. The third-order valence-electron chi connectivity index (χ3n) is 4.10. The highest BCUT2D eigenvalue weighted by atomic mass is 79.9. The quantitative estimate of drug-likeness (QED) is 0.672. The number of urea groups is 1. The molecule has 9 nitrogen and oxygen atoms in total. The van der Waals surface area contributed by atoms with Crippen LogP contribution >= 0.6 is 15.9 Å². The highest BCUT2D eigenvalue weighted by Crippen LogP contribution is 2.27. The van der Waals surface area contributed by atoms with Crippen molar-refractivity contribution in [3.05, 3.63) is 29.0 Å². The van der Waals surface area contributed by atoms with Crippen molar-refractivity contribution in [2.75, 3.05) is 55.4 Å². The van der Waals surface area contributed by atoms with Gasteiger partial charge in [-0.25, -0.2) is 9.78 Å². The number of hydrogen-bond donors (Lipinski definition) is 3. The molecule has 1 fully saturated rings. The van der Waals surface area contributed by atoms with Crippen molar-refractivity contribution in [1.29, 1.82) is 0 Å². The molecule has 0 saturated carbocycles. The zero-order valence-electron chi connectivity index (χ0n) is 14.5. The molecule has 3 heterocycles. The van der Waals surface area contributed by atoms with Crippen molar-refractivity contribution in [2.24, 2.45) is 0 Å². The van der Waals surface area contributed by atoms with Gasteiger partial charge < -0.3 is 20.2 Å². The fourth-order valence-corrected chi connectivity index (χ4v) is 3.05. The van der Waals surface area contributed by atoms with Crippen molar-refractivity contribution in [2.45, 2.75) is 6.54 Å². The van der Waals surface area contributed by atoms with Crippen molar-refractivity contribution >= 4 is 39.3 Å². The Morgan fingerprint density at radius 3 is 2.81 bits per heavy atom. The van der Waals surface area contributed by atoms with Gasteiger partial charge in [0.2, 0.25) is 0 Å². The number of halogens is 1. The predicted octanol–water partition coefficient (Wildman–Crippen LogP) is 1.43. The second-order valence-electron chi connectivity index (χ2n) is 6.08. The molecule has 0 bridgehead atoms. The van der Waals surface area contributed by atoms with Gasteiger partial charge in [0.05, 0.1) is 18.8 Å². The maximum absolute atomic E-state index is 12.4. The molecule has 1 aliphatic heterocycles. The molecule has 1 aliphatic rings. The number of aromatic nitrogens is 3. The fourth-order valence-electron chi connectivity index (χ4n) is 2.72. The first-order valence-corrected chi connectivity index (χ1v) is 9.16. The van der Waals surface area contributed by atoms with Crippen molar-refractivity contribution in [3.8, 4) is 0 Å². The van der Waals surface area contributed by atoms with E-state index in [4.69, 9.17) is 5.11 Å². The highest BCUT2D eigenvalue weighted by Gasteiger charge is 2.19. The molecule has 2 aromatic heterocycles. The zero-order chi connectivity index (χ0) is 18.5. The number of anilines is 3. The first kappa shape index (κ1) is 18.6. The van der Waals surface area contributed by atoms with Gasteiger partial charge in [-0.1, -0.05) is 0 Å². The SMILES string of the molecule is CN1CCN(c2ncc(Br)cc2NC(=O)Nc2ccn(CCO)n2)CC1. The Labute approximate surface area is 160 Å². The number of rotatable bonds is 5. The number of hydrogen-bond acceptors (Lipinski definition) is 6. The summed E-state index contributed by atoms with van der Waals surface area (Å²) in [5.74, 6) is 1.17. The van der Waals surface area contributed by atoms with E-state index in [0.717, 1.165) is 36.5 Å². The van der Waals surface area contributed by atoms with Crippen LogP contribution in [0.5, 0.6) is 0 Å². The summed E-state index contributed by atoms with van der Waals surface area (Å²) < 4.78 is 2.35. The van der Waals surface area contributed by atoms with Crippen LogP contribution < -0.4 is 15.5 Å². The van der Waals surface area contributed by atoms with Gasteiger partial charge in [0.25, 0.3) is 0 Å². The maximum atomic E-state index is 12.4. The van der Waals surface area contributed by atoms with Gasteiger partial charge in [-0.05, 0) is 29.0 Å². The molecule has 26 heavy (non-hydrogen) atoms. The summed E-state index contributed by atoms with van der Waals surface area (Å²) in [6.07, 6.45) is 3.43. The second-order valence-corrected chi connectivity index (χ2v) is 7.00. The monoisotopic (exact) mass is 423 g/mol. The van der Waals surface area contributed by atoms with Crippen LogP contribution in [0.25, 0.3) is 0 Å². The summed E-state index contributed by atoms with van der Waals surface area (Å²) in [6, 6.07) is 3.12. The molecule has 1 saturated heterocycles. The summed E-state index contributed by atoms with van der Waals surface area (Å²) in [7, 11) is 2.09. The fraction of sp³-hybridized carbons (Fsp3) is 0.438. The Balaban J connectivity index is 1.69. The molecule has 0 spiro atoms. The van der Waals surface area contributed by atoms with Crippen LogP contribution in [0.3, 0.4) is 0 Å². The standard InChI is InChI=1S/C16H22BrN7O2/c1-22-4-6-23(7-5-22)15-13(10-12(17)11-18-15)19-16(26)20-14-2-3-24(21-14)8-9-25/h2-3,10-11,25H,4-9H2,1H3,(H2,19,20,21,26). The smallest absolute Gasteiger partial charge is 0.325 e. The minimum Gasteiger partial charge on any atom is -0.394 e. The molecule has 0 atom stereocenters. The number of aliphatic hydroxyl groups is 1. The van der Waals surface area contributed by atoms with E-state index in [-0.39, 0.29) is 6.61 Å². The van der Waals surface area contributed by atoms with E-state index in [9.17, 15) is 4.79 Å². The molecule has 140 valence electrons. The molecule has 0 radical (unpaired) electrons.